The zero-order valence-corrected chi connectivity index (χ0v) is 20.3. The van der Waals surface area contributed by atoms with E-state index in [1.54, 1.807) is 44.9 Å². The summed E-state index contributed by atoms with van der Waals surface area (Å²) in [4.78, 5) is 14.4. The molecule has 0 aromatic heterocycles. The number of benzene rings is 2. The normalized spacial score (nSPS) is 18.9. The number of piperidine rings is 1. The molecule has 2 aromatic carbocycles. The van der Waals surface area contributed by atoms with Gasteiger partial charge in [-0.3, -0.25) is 0 Å². The van der Waals surface area contributed by atoms with Crippen molar-refractivity contribution in [2.45, 2.75) is 43.6 Å². The summed E-state index contributed by atoms with van der Waals surface area (Å²) in [5, 5.41) is 9.16. The van der Waals surface area contributed by atoms with Crippen LogP contribution in [0.3, 0.4) is 0 Å². The van der Waals surface area contributed by atoms with Gasteiger partial charge in [0.2, 0.25) is 0 Å². The second-order valence-corrected chi connectivity index (χ2v) is 11.3. The number of ether oxygens (including phenoxy) is 2. The maximum atomic E-state index is 13.3. The SMILES string of the molecule is COc1ccc([C@@H]2CCN(C(=O)OC(C)(C)C)C[C@H]2CS(=O)(=O)c2cccc(C#N)c2)cc1. The highest BCUT2D eigenvalue weighted by molar-refractivity contribution is 7.91. The minimum atomic E-state index is -3.69. The van der Waals surface area contributed by atoms with E-state index in [2.05, 4.69) is 0 Å². The van der Waals surface area contributed by atoms with Gasteiger partial charge in [-0.1, -0.05) is 18.2 Å². The molecule has 0 unspecified atom stereocenters. The Kier molecular flexibility index (Phi) is 7.33. The van der Waals surface area contributed by atoms with Crippen molar-refractivity contribution < 1.29 is 22.7 Å². The van der Waals surface area contributed by atoms with E-state index in [1.165, 1.54) is 12.1 Å². The fourth-order valence-corrected chi connectivity index (χ4v) is 5.81. The summed E-state index contributed by atoms with van der Waals surface area (Å²) in [6.45, 7) is 6.16. The molecule has 0 radical (unpaired) electrons. The van der Waals surface area contributed by atoms with Gasteiger partial charge in [0.15, 0.2) is 9.84 Å². The molecular formula is C25H30N2O5S. The average molecular weight is 471 g/mol. The minimum absolute atomic E-state index is 0.0523. The summed E-state index contributed by atoms with van der Waals surface area (Å²) in [7, 11) is -2.09. The Morgan fingerprint density at radius 2 is 1.88 bits per heavy atom. The lowest BCUT2D eigenvalue weighted by molar-refractivity contribution is 0.0157. The molecule has 176 valence electrons. The van der Waals surface area contributed by atoms with Gasteiger partial charge in [-0.15, -0.1) is 0 Å². The Morgan fingerprint density at radius 1 is 1.18 bits per heavy atom. The number of carbonyl (C=O) groups excluding carboxylic acids is 1. The van der Waals surface area contributed by atoms with E-state index in [-0.39, 0.29) is 29.0 Å². The molecule has 1 aliphatic rings. The van der Waals surface area contributed by atoms with Gasteiger partial charge in [0.05, 0.1) is 29.4 Å². The second kappa shape index (κ2) is 9.84. The summed E-state index contributed by atoms with van der Waals surface area (Å²) in [6, 6.07) is 15.6. The fraction of sp³-hybridized carbons (Fsp3) is 0.440. The Morgan fingerprint density at radius 3 is 2.48 bits per heavy atom. The molecule has 0 bridgehead atoms. The van der Waals surface area contributed by atoms with Crippen LogP contribution in [0.2, 0.25) is 0 Å². The van der Waals surface area contributed by atoms with Crippen molar-refractivity contribution >= 4 is 15.9 Å². The molecule has 0 N–H and O–H groups in total. The van der Waals surface area contributed by atoms with Crippen molar-refractivity contribution in [3.63, 3.8) is 0 Å². The summed E-state index contributed by atoms with van der Waals surface area (Å²) >= 11 is 0. The van der Waals surface area contributed by atoms with Crippen LogP contribution in [0.4, 0.5) is 4.79 Å². The van der Waals surface area contributed by atoms with Crippen molar-refractivity contribution in [1.82, 2.24) is 4.90 Å². The van der Waals surface area contributed by atoms with E-state index in [0.717, 1.165) is 11.3 Å². The van der Waals surface area contributed by atoms with Crippen molar-refractivity contribution in [3.05, 3.63) is 59.7 Å². The minimum Gasteiger partial charge on any atom is -0.497 e. The van der Waals surface area contributed by atoms with Crippen LogP contribution in [0.15, 0.2) is 53.4 Å². The van der Waals surface area contributed by atoms with Gasteiger partial charge in [-0.25, -0.2) is 13.2 Å². The molecule has 3 rings (SSSR count). The zero-order valence-electron chi connectivity index (χ0n) is 19.4. The van der Waals surface area contributed by atoms with Gasteiger partial charge < -0.3 is 14.4 Å². The first kappa shape index (κ1) is 24.6. The van der Waals surface area contributed by atoms with Crippen LogP contribution in [-0.2, 0) is 14.6 Å². The number of nitrogens with zero attached hydrogens (tertiary/aromatic N) is 2. The average Bonchev–Trinajstić information content (AvgIpc) is 2.78. The number of nitriles is 1. The van der Waals surface area contributed by atoms with Crippen LogP contribution in [0.25, 0.3) is 0 Å². The number of likely N-dealkylation sites (tertiary alicyclic amines) is 1. The quantitative estimate of drug-likeness (QED) is 0.643. The molecule has 0 aliphatic carbocycles. The summed E-state index contributed by atoms with van der Waals surface area (Å²) in [6.07, 6.45) is 0.175. The lowest BCUT2D eigenvalue weighted by Gasteiger charge is -2.39. The highest BCUT2D eigenvalue weighted by Gasteiger charge is 2.37. The van der Waals surface area contributed by atoms with Crippen molar-refractivity contribution in [2.24, 2.45) is 5.92 Å². The van der Waals surface area contributed by atoms with Crippen LogP contribution < -0.4 is 4.74 Å². The number of sulfone groups is 1. The lowest BCUT2D eigenvalue weighted by atomic mass is 9.81. The Balaban J connectivity index is 1.90. The third-order valence-electron chi connectivity index (χ3n) is 5.69. The molecule has 2 aromatic rings. The third kappa shape index (κ3) is 6.26. The van der Waals surface area contributed by atoms with Crippen LogP contribution in [0, 0.1) is 17.2 Å². The standard InChI is InChI=1S/C25H30N2O5S/c1-25(2,3)32-24(28)27-13-12-23(19-8-10-21(31-4)11-9-19)20(16-27)17-33(29,30)22-7-5-6-18(14-22)15-26/h5-11,14,20,23H,12-13,16-17H2,1-4H3/t20-,23-/m0/s1. The first-order chi connectivity index (χ1) is 15.5. The molecule has 2 atom stereocenters. The molecule has 1 amide bonds. The van der Waals surface area contributed by atoms with Crippen LogP contribution in [0.1, 0.15) is 44.2 Å². The van der Waals surface area contributed by atoms with Gasteiger partial charge in [-0.2, -0.15) is 5.26 Å². The molecule has 7 nitrogen and oxygen atoms in total. The first-order valence-electron chi connectivity index (χ1n) is 10.9. The zero-order chi connectivity index (χ0) is 24.2. The van der Waals surface area contributed by atoms with Crippen LogP contribution >= 0.6 is 0 Å². The van der Waals surface area contributed by atoms with Gasteiger partial charge >= 0.3 is 6.09 Å². The van der Waals surface area contributed by atoms with Gasteiger partial charge in [0.25, 0.3) is 0 Å². The van der Waals surface area contributed by atoms with E-state index in [1.807, 2.05) is 30.3 Å². The third-order valence-corrected chi connectivity index (χ3v) is 7.52. The molecular weight excluding hydrogens is 440 g/mol. The van der Waals surface area contributed by atoms with Crippen LogP contribution in [-0.4, -0.2) is 51.0 Å². The summed E-state index contributed by atoms with van der Waals surface area (Å²) < 4.78 is 37.3. The Bertz CT molecular complexity index is 1130. The monoisotopic (exact) mass is 470 g/mol. The van der Waals surface area contributed by atoms with E-state index >= 15 is 0 Å². The van der Waals surface area contributed by atoms with E-state index in [0.29, 0.717) is 18.5 Å². The Hall–Kier alpha value is -3.05. The number of hydrogen-bond acceptors (Lipinski definition) is 6. The Labute approximate surface area is 195 Å². The molecule has 1 saturated heterocycles. The maximum absolute atomic E-state index is 13.3. The van der Waals surface area contributed by atoms with Crippen molar-refractivity contribution in [1.29, 1.82) is 5.26 Å². The number of rotatable bonds is 5. The molecule has 1 aliphatic heterocycles. The summed E-state index contributed by atoms with van der Waals surface area (Å²) in [5.41, 5.74) is 0.663. The van der Waals surface area contributed by atoms with Crippen molar-refractivity contribution in [3.8, 4) is 11.8 Å². The molecule has 8 heteroatoms. The van der Waals surface area contributed by atoms with Crippen LogP contribution in [0.5, 0.6) is 5.75 Å². The fourth-order valence-electron chi connectivity index (χ4n) is 4.12. The number of methoxy groups -OCH3 is 1. The highest BCUT2D eigenvalue weighted by Crippen LogP contribution is 2.36. The van der Waals surface area contributed by atoms with Gasteiger partial charge in [0, 0.05) is 13.1 Å². The topological polar surface area (TPSA) is 96.7 Å². The predicted molar refractivity (Wildman–Crippen MR) is 125 cm³/mol. The smallest absolute Gasteiger partial charge is 0.410 e. The second-order valence-electron chi connectivity index (χ2n) is 9.28. The molecule has 33 heavy (non-hydrogen) atoms. The maximum Gasteiger partial charge on any atom is 0.410 e. The van der Waals surface area contributed by atoms with E-state index < -0.39 is 21.5 Å². The molecule has 0 spiro atoms. The van der Waals surface area contributed by atoms with Gasteiger partial charge in [-0.05, 0) is 74.9 Å². The number of amides is 1. The molecule has 1 fully saturated rings. The van der Waals surface area contributed by atoms with Gasteiger partial charge in [0.1, 0.15) is 11.4 Å². The first-order valence-corrected chi connectivity index (χ1v) is 12.5. The van der Waals surface area contributed by atoms with E-state index in [9.17, 15) is 13.2 Å². The number of carbonyl (C=O) groups is 1. The largest absolute Gasteiger partial charge is 0.497 e. The summed E-state index contributed by atoms with van der Waals surface area (Å²) in [5.74, 6) is 0.194. The lowest BCUT2D eigenvalue weighted by Crippen LogP contribution is -2.47. The molecule has 0 saturated carbocycles. The number of hydrogen-bond donors (Lipinski definition) is 0. The van der Waals surface area contributed by atoms with Crippen molar-refractivity contribution in [2.75, 3.05) is 26.0 Å². The molecule has 1 heterocycles. The highest BCUT2D eigenvalue weighted by atomic mass is 32.2. The van der Waals surface area contributed by atoms with E-state index in [4.69, 9.17) is 14.7 Å². The predicted octanol–water partition coefficient (Wildman–Crippen LogP) is 4.38.